The largest absolute Gasteiger partial charge is 0.481 e. The van der Waals surface area contributed by atoms with Crippen LogP contribution in [0.15, 0.2) is 0 Å². The Hall–Kier alpha value is -0.660. The van der Waals surface area contributed by atoms with Crippen LogP contribution in [0.5, 0.6) is 0 Å². The molecule has 2 N–H and O–H groups in total. The van der Waals surface area contributed by atoms with Crippen LogP contribution in [-0.4, -0.2) is 63.5 Å². The monoisotopic (exact) mass is 365 g/mol. The average Bonchev–Trinajstić information content (AvgIpc) is 2.38. The summed E-state index contributed by atoms with van der Waals surface area (Å²) >= 11 is 0. The van der Waals surface area contributed by atoms with Crippen molar-refractivity contribution in [3.63, 3.8) is 0 Å². The highest BCUT2D eigenvalue weighted by Crippen LogP contribution is 2.09. The second-order valence-electron chi connectivity index (χ2n) is 7.68. The van der Waals surface area contributed by atoms with Crippen molar-refractivity contribution in [2.75, 3.05) is 33.4 Å². The van der Waals surface area contributed by atoms with Gasteiger partial charge in [0.05, 0.1) is 45.9 Å². The fourth-order valence-electron chi connectivity index (χ4n) is 2.75. The van der Waals surface area contributed by atoms with Gasteiger partial charge in [-0.05, 0) is 6.42 Å². The van der Waals surface area contributed by atoms with Crippen molar-refractivity contribution in [2.24, 2.45) is 0 Å². The minimum Gasteiger partial charge on any atom is -0.481 e. The van der Waals surface area contributed by atoms with E-state index < -0.39 is 22.0 Å². The molecule has 0 heterocycles. The van der Waals surface area contributed by atoms with Gasteiger partial charge in [-0.3, -0.25) is 4.79 Å². The fraction of sp³-hybridized carbons (Fsp3) is 0.941. The van der Waals surface area contributed by atoms with Crippen LogP contribution in [0.4, 0.5) is 0 Å². The SMILES string of the molecule is CCCCCCCCCCS(=O)(=O)N[C@@H](CC(=O)O)C[N+](C)(C)C. The number of carbonyl (C=O) groups is 1. The Morgan fingerprint density at radius 2 is 1.50 bits per heavy atom. The van der Waals surface area contributed by atoms with E-state index in [4.69, 9.17) is 5.11 Å². The lowest BCUT2D eigenvalue weighted by molar-refractivity contribution is -0.871. The van der Waals surface area contributed by atoms with Crippen LogP contribution >= 0.6 is 0 Å². The summed E-state index contributed by atoms with van der Waals surface area (Å²) in [6, 6.07) is -0.568. The van der Waals surface area contributed by atoms with E-state index in [0.29, 0.717) is 17.4 Å². The third-order valence-corrected chi connectivity index (χ3v) is 5.32. The number of nitrogens with zero attached hydrogens (tertiary/aromatic N) is 1. The first-order valence-electron chi connectivity index (χ1n) is 9.08. The smallest absolute Gasteiger partial charge is 0.305 e. The molecule has 144 valence electrons. The van der Waals surface area contributed by atoms with E-state index in [0.717, 1.165) is 19.3 Å². The molecule has 7 heteroatoms. The van der Waals surface area contributed by atoms with Gasteiger partial charge in [0, 0.05) is 0 Å². The summed E-state index contributed by atoms with van der Waals surface area (Å²) < 4.78 is 27.4. The van der Waals surface area contributed by atoms with Crippen LogP contribution in [0.3, 0.4) is 0 Å². The minimum atomic E-state index is -3.42. The first kappa shape index (κ1) is 23.3. The number of quaternary nitrogens is 1. The fourth-order valence-corrected chi connectivity index (χ4v) is 4.12. The predicted octanol–water partition coefficient (Wildman–Crippen LogP) is 2.60. The number of likely N-dealkylation sites (N-methyl/N-ethyl adjacent to an activating group) is 1. The van der Waals surface area contributed by atoms with E-state index in [1.54, 1.807) is 0 Å². The molecule has 0 bridgehead atoms. The molecule has 0 unspecified atom stereocenters. The first-order chi connectivity index (χ1) is 11.1. The summed E-state index contributed by atoms with van der Waals surface area (Å²) in [6.45, 7) is 2.64. The zero-order valence-corrected chi connectivity index (χ0v) is 16.7. The molecule has 0 aromatic heterocycles. The number of carboxylic acid groups (broad SMARTS) is 1. The Kier molecular flexibility index (Phi) is 11.5. The van der Waals surface area contributed by atoms with Gasteiger partial charge in [0.15, 0.2) is 0 Å². The zero-order valence-electron chi connectivity index (χ0n) is 15.9. The van der Waals surface area contributed by atoms with Crippen molar-refractivity contribution in [1.82, 2.24) is 4.72 Å². The van der Waals surface area contributed by atoms with Gasteiger partial charge >= 0.3 is 5.97 Å². The summed E-state index contributed by atoms with van der Waals surface area (Å²) in [5.74, 6) is -0.905. The lowest BCUT2D eigenvalue weighted by Crippen LogP contribution is -2.50. The summed E-state index contributed by atoms with van der Waals surface area (Å²) in [5, 5.41) is 8.97. The molecule has 0 aliphatic rings. The minimum absolute atomic E-state index is 0.0786. The van der Waals surface area contributed by atoms with Crippen molar-refractivity contribution in [1.29, 1.82) is 0 Å². The normalized spacial score (nSPS) is 13.8. The molecule has 0 aromatic carbocycles. The van der Waals surface area contributed by atoms with E-state index in [2.05, 4.69) is 11.6 Å². The Balaban J connectivity index is 4.16. The van der Waals surface area contributed by atoms with Gasteiger partial charge in [0.1, 0.15) is 0 Å². The van der Waals surface area contributed by atoms with Crippen molar-refractivity contribution >= 4 is 16.0 Å². The molecule has 1 atom stereocenters. The van der Waals surface area contributed by atoms with Crippen LogP contribution < -0.4 is 4.72 Å². The topological polar surface area (TPSA) is 83.5 Å². The van der Waals surface area contributed by atoms with Crippen molar-refractivity contribution in [3.05, 3.63) is 0 Å². The molecule has 0 saturated heterocycles. The van der Waals surface area contributed by atoms with Crippen molar-refractivity contribution in [3.8, 4) is 0 Å². The van der Waals surface area contributed by atoms with Gasteiger partial charge in [-0.25, -0.2) is 13.1 Å². The molecule has 0 spiro atoms. The lowest BCUT2D eigenvalue weighted by Gasteiger charge is -2.29. The van der Waals surface area contributed by atoms with E-state index in [1.165, 1.54) is 25.7 Å². The maximum absolute atomic E-state index is 12.2. The number of nitrogens with one attached hydrogen (secondary N) is 1. The third kappa shape index (κ3) is 14.9. The average molecular weight is 366 g/mol. The highest BCUT2D eigenvalue weighted by Gasteiger charge is 2.25. The molecule has 0 amide bonds. The number of unbranched alkanes of at least 4 members (excludes halogenated alkanes) is 7. The van der Waals surface area contributed by atoms with Crippen LogP contribution in [-0.2, 0) is 14.8 Å². The molecular weight excluding hydrogens is 328 g/mol. The molecule has 0 fully saturated rings. The van der Waals surface area contributed by atoms with Crippen LogP contribution in [0.1, 0.15) is 64.7 Å². The summed E-state index contributed by atoms with van der Waals surface area (Å²) in [5.41, 5.74) is 0. The third-order valence-electron chi connectivity index (χ3n) is 3.80. The van der Waals surface area contributed by atoms with Gasteiger partial charge in [-0.1, -0.05) is 51.9 Å². The molecule has 6 nitrogen and oxygen atoms in total. The molecule has 0 saturated carbocycles. The molecule has 0 rings (SSSR count). The quantitative estimate of drug-likeness (QED) is 0.345. The molecule has 0 radical (unpaired) electrons. The van der Waals surface area contributed by atoms with Gasteiger partial charge in [0.25, 0.3) is 0 Å². The van der Waals surface area contributed by atoms with Gasteiger partial charge in [-0.15, -0.1) is 0 Å². The standard InChI is InChI=1S/C17H36N2O4S/c1-5-6-7-8-9-10-11-12-13-24(22,23)18-16(14-17(20)21)15-19(2,3)4/h16,18H,5-15H2,1-4H3/p+1/t16-/m0/s1. The molecule has 0 aliphatic heterocycles. The van der Waals surface area contributed by atoms with E-state index in [-0.39, 0.29) is 12.2 Å². The van der Waals surface area contributed by atoms with Crippen LogP contribution in [0.25, 0.3) is 0 Å². The maximum Gasteiger partial charge on any atom is 0.305 e. The summed E-state index contributed by atoms with van der Waals surface area (Å²) in [7, 11) is 2.33. The van der Waals surface area contributed by atoms with Crippen molar-refractivity contribution < 1.29 is 22.8 Å². The second-order valence-corrected chi connectivity index (χ2v) is 9.55. The van der Waals surface area contributed by atoms with E-state index in [9.17, 15) is 13.2 Å². The second kappa shape index (κ2) is 11.8. The van der Waals surface area contributed by atoms with E-state index >= 15 is 0 Å². The van der Waals surface area contributed by atoms with Crippen LogP contribution in [0.2, 0.25) is 0 Å². The number of rotatable bonds is 15. The Bertz CT molecular complexity index is 444. The number of aliphatic carboxylic acids is 1. The molecular formula is C17H37N2O4S+. The summed E-state index contributed by atoms with van der Waals surface area (Å²) in [4.78, 5) is 10.9. The highest BCUT2D eigenvalue weighted by molar-refractivity contribution is 7.89. The van der Waals surface area contributed by atoms with Crippen molar-refractivity contribution in [2.45, 2.75) is 70.8 Å². The lowest BCUT2D eigenvalue weighted by atomic mass is 10.1. The molecule has 0 aliphatic carbocycles. The summed E-state index contributed by atoms with van der Waals surface area (Å²) in [6.07, 6.45) is 8.57. The van der Waals surface area contributed by atoms with Gasteiger partial charge in [0.2, 0.25) is 10.0 Å². The number of sulfonamides is 1. The molecule has 0 aromatic rings. The van der Waals surface area contributed by atoms with Gasteiger partial charge < -0.3 is 9.59 Å². The number of hydrogen-bond acceptors (Lipinski definition) is 3. The number of carboxylic acids is 1. The highest BCUT2D eigenvalue weighted by atomic mass is 32.2. The molecule has 24 heavy (non-hydrogen) atoms. The Morgan fingerprint density at radius 1 is 1.00 bits per heavy atom. The Morgan fingerprint density at radius 3 is 1.96 bits per heavy atom. The predicted molar refractivity (Wildman–Crippen MR) is 98.5 cm³/mol. The maximum atomic E-state index is 12.2. The van der Waals surface area contributed by atoms with Crippen LogP contribution in [0, 0.1) is 0 Å². The first-order valence-corrected chi connectivity index (χ1v) is 10.7. The zero-order chi connectivity index (χ0) is 18.6. The number of hydrogen-bond donors (Lipinski definition) is 2. The Labute approximate surface area is 148 Å². The van der Waals surface area contributed by atoms with E-state index in [1.807, 2.05) is 21.1 Å². The van der Waals surface area contributed by atoms with Gasteiger partial charge in [-0.2, -0.15) is 0 Å².